The molecule has 2 heterocycles. The molecular formula is C19H19N3O5. The number of para-hydroxylation sites is 1. The number of aryl methyl sites for hydroxylation is 1. The quantitative estimate of drug-likeness (QED) is 0.487. The van der Waals surface area contributed by atoms with Gasteiger partial charge in [0, 0.05) is 6.08 Å². The van der Waals surface area contributed by atoms with Gasteiger partial charge in [-0.2, -0.15) is 0 Å². The summed E-state index contributed by atoms with van der Waals surface area (Å²) in [6.07, 6.45) is 2.77. The van der Waals surface area contributed by atoms with E-state index < -0.39 is 5.97 Å². The molecule has 0 unspecified atom stereocenters. The van der Waals surface area contributed by atoms with Crippen LogP contribution in [0.2, 0.25) is 0 Å². The Bertz CT molecular complexity index is 965. The second-order valence-corrected chi connectivity index (χ2v) is 5.50. The molecule has 3 rings (SSSR count). The number of carbonyl (C=O) groups excluding carboxylic acids is 1. The lowest BCUT2D eigenvalue weighted by Gasteiger charge is -2.15. The summed E-state index contributed by atoms with van der Waals surface area (Å²) >= 11 is 0. The Morgan fingerprint density at radius 1 is 1.07 bits per heavy atom. The molecule has 2 aromatic heterocycles. The summed E-state index contributed by atoms with van der Waals surface area (Å²) in [6, 6.07) is 9.03. The summed E-state index contributed by atoms with van der Waals surface area (Å²) in [5, 5.41) is 8.42. The summed E-state index contributed by atoms with van der Waals surface area (Å²) in [5.41, 5.74) is 0.584. The Hall–Kier alpha value is -3.55. The van der Waals surface area contributed by atoms with Crippen molar-refractivity contribution in [3.8, 4) is 28.8 Å². The smallest absolute Gasteiger partial charge is 0.330 e. The molecule has 140 valence electrons. The highest BCUT2D eigenvalue weighted by Crippen LogP contribution is 2.36. The van der Waals surface area contributed by atoms with Gasteiger partial charge in [-0.15, -0.1) is 10.2 Å². The fraction of sp³-hybridized carbons (Fsp3) is 0.211. The summed E-state index contributed by atoms with van der Waals surface area (Å²) in [5.74, 6) is 2.66. The molecule has 0 saturated heterocycles. The minimum Gasteiger partial charge on any atom is -0.494 e. The van der Waals surface area contributed by atoms with Gasteiger partial charge < -0.3 is 18.6 Å². The van der Waals surface area contributed by atoms with Crippen LogP contribution in [0, 0.1) is 6.92 Å². The molecule has 8 nitrogen and oxygen atoms in total. The van der Waals surface area contributed by atoms with Gasteiger partial charge in [-0.3, -0.25) is 4.57 Å². The molecule has 8 heteroatoms. The molecule has 0 bridgehead atoms. The zero-order valence-electron chi connectivity index (χ0n) is 15.4. The number of nitrogens with zero attached hydrogens (tertiary/aromatic N) is 3. The first-order valence-electron chi connectivity index (χ1n) is 8.08. The highest BCUT2D eigenvalue weighted by Gasteiger charge is 2.22. The van der Waals surface area contributed by atoms with Crippen molar-refractivity contribution >= 4 is 12.0 Å². The molecule has 0 saturated carbocycles. The van der Waals surface area contributed by atoms with E-state index in [0.717, 1.165) is 5.76 Å². The van der Waals surface area contributed by atoms with Crippen molar-refractivity contribution in [3.63, 3.8) is 0 Å². The summed E-state index contributed by atoms with van der Waals surface area (Å²) in [4.78, 5) is 11.5. The first kappa shape index (κ1) is 18.2. The van der Waals surface area contributed by atoms with Gasteiger partial charge in [-0.25, -0.2) is 4.79 Å². The van der Waals surface area contributed by atoms with Gasteiger partial charge in [-0.05, 0) is 37.3 Å². The SMILES string of the molecule is COC(=O)/C=C\c1nnc(-c2ccc(C)o2)n1-c1c(OC)cccc1OC. The highest BCUT2D eigenvalue weighted by atomic mass is 16.5. The van der Waals surface area contributed by atoms with Crippen LogP contribution in [0.4, 0.5) is 0 Å². The van der Waals surface area contributed by atoms with Crippen LogP contribution < -0.4 is 9.47 Å². The van der Waals surface area contributed by atoms with Crippen LogP contribution in [0.25, 0.3) is 23.3 Å². The van der Waals surface area contributed by atoms with E-state index in [0.29, 0.717) is 34.6 Å². The van der Waals surface area contributed by atoms with E-state index in [1.807, 2.05) is 19.1 Å². The number of hydrogen-bond donors (Lipinski definition) is 0. The molecule has 27 heavy (non-hydrogen) atoms. The predicted molar refractivity (Wildman–Crippen MR) is 98.0 cm³/mol. The molecule has 0 amide bonds. The molecule has 3 aromatic rings. The maximum absolute atomic E-state index is 11.5. The Labute approximate surface area is 156 Å². The summed E-state index contributed by atoms with van der Waals surface area (Å²) in [6.45, 7) is 1.84. The molecule has 0 spiro atoms. The minimum atomic E-state index is -0.507. The molecule has 0 fully saturated rings. The lowest BCUT2D eigenvalue weighted by Crippen LogP contribution is -2.05. The van der Waals surface area contributed by atoms with Crippen LogP contribution in [0.15, 0.2) is 40.8 Å². The molecule has 0 aliphatic carbocycles. The lowest BCUT2D eigenvalue weighted by molar-refractivity contribution is -0.134. The van der Waals surface area contributed by atoms with E-state index in [2.05, 4.69) is 14.9 Å². The van der Waals surface area contributed by atoms with Crippen molar-refractivity contribution in [2.45, 2.75) is 6.92 Å². The van der Waals surface area contributed by atoms with E-state index in [9.17, 15) is 4.79 Å². The Morgan fingerprint density at radius 3 is 2.33 bits per heavy atom. The van der Waals surface area contributed by atoms with Gasteiger partial charge in [0.25, 0.3) is 0 Å². The molecule has 0 atom stereocenters. The Morgan fingerprint density at radius 2 is 1.78 bits per heavy atom. The van der Waals surface area contributed by atoms with E-state index in [1.54, 1.807) is 37.0 Å². The normalized spacial score (nSPS) is 11.0. The zero-order valence-corrected chi connectivity index (χ0v) is 15.4. The molecule has 0 radical (unpaired) electrons. The number of furan rings is 1. The first-order chi connectivity index (χ1) is 13.1. The fourth-order valence-corrected chi connectivity index (χ4v) is 2.60. The van der Waals surface area contributed by atoms with Crippen LogP contribution in [-0.2, 0) is 9.53 Å². The fourth-order valence-electron chi connectivity index (χ4n) is 2.60. The maximum atomic E-state index is 11.5. The molecular weight excluding hydrogens is 350 g/mol. The molecule has 1 aromatic carbocycles. The second kappa shape index (κ2) is 7.77. The molecule has 0 N–H and O–H groups in total. The van der Waals surface area contributed by atoms with Gasteiger partial charge in [0.1, 0.15) is 22.9 Å². The lowest BCUT2D eigenvalue weighted by atomic mass is 10.2. The van der Waals surface area contributed by atoms with Crippen molar-refractivity contribution in [1.29, 1.82) is 0 Å². The van der Waals surface area contributed by atoms with E-state index in [-0.39, 0.29) is 0 Å². The van der Waals surface area contributed by atoms with E-state index >= 15 is 0 Å². The maximum Gasteiger partial charge on any atom is 0.330 e. The Balaban J connectivity index is 2.27. The van der Waals surface area contributed by atoms with Gasteiger partial charge in [-0.1, -0.05) is 6.07 Å². The number of methoxy groups -OCH3 is 3. The minimum absolute atomic E-state index is 0.382. The van der Waals surface area contributed by atoms with Gasteiger partial charge in [0.2, 0.25) is 5.82 Å². The average Bonchev–Trinajstić information content (AvgIpc) is 3.30. The van der Waals surface area contributed by atoms with Crippen molar-refractivity contribution in [2.24, 2.45) is 0 Å². The number of carbonyl (C=O) groups is 1. The van der Waals surface area contributed by atoms with Gasteiger partial charge in [0.05, 0.1) is 21.3 Å². The number of esters is 1. The molecule has 0 aliphatic rings. The zero-order chi connectivity index (χ0) is 19.4. The van der Waals surface area contributed by atoms with Crippen LogP contribution in [0.1, 0.15) is 11.6 Å². The van der Waals surface area contributed by atoms with E-state index in [4.69, 9.17) is 13.9 Å². The van der Waals surface area contributed by atoms with Crippen LogP contribution >= 0.6 is 0 Å². The van der Waals surface area contributed by atoms with Gasteiger partial charge >= 0.3 is 5.97 Å². The predicted octanol–water partition coefficient (Wildman–Crippen LogP) is 3.04. The van der Waals surface area contributed by atoms with Crippen LogP contribution in [0.3, 0.4) is 0 Å². The monoisotopic (exact) mass is 369 g/mol. The third kappa shape index (κ3) is 3.55. The number of rotatable bonds is 6. The summed E-state index contributed by atoms with van der Waals surface area (Å²) < 4.78 is 23.1. The number of benzene rings is 1. The van der Waals surface area contributed by atoms with Crippen LogP contribution in [-0.4, -0.2) is 42.1 Å². The topological polar surface area (TPSA) is 88.6 Å². The largest absolute Gasteiger partial charge is 0.494 e. The third-order valence-electron chi connectivity index (χ3n) is 3.84. The van der Waals surface area contributed by atoms with Crippen molar-refractivity contribution < 1.29 is 23.4 Å². The Kier molecular flexibility index (Phi) is 5.25. The standard InChI is InChI=1S/C19H19N3O5/c1-12-8-9-15(27-12)19-21-20-16(10-11-17(23)26-4)22(19)18-13(24-2)6-5-7-14(18)25-3/h5-11H,1-4H3/b11-10-. The molecule has 0 aliphatic heterocycles. The number of ether oxygens (including phenoxy) is 3. The first-order valence-corrected chi connectivity index (χ1v) is 8.08. The number of hydrogen-bond acceptors (Lipinski definition) is 7. The van der Waals surface area contributed by atoms with Crippen molar-refractivity contribution in [3.05, 3.63) is 48.0 Å². The van der Waals surface area contributed by atoms with Crippen molar-refractivity contribution in [2.75, 3.05) is 21.3 Å². The number of aromatic nitrogens is 3. The summed E-state index contributed by atoms with van der Waals surface area (Å²) in [7, 11) is 4.42. The van der Waals surface area contributed by atoms with Crippen LogP contribution in [0.5, 0.6) is 11.5 Å². The van der Waals surface area contributed by atoms with E-state index in [1.165, 1.54) is 19.3 Å². The third-order valence-corrected chi connectivity index (χ3v) is 3.84. The van der Waals surface area contributed by atoms with Crippen molar-refractivity contribution in [1.82, 2.24) is 14.8 Å². The highest BCUT2D eigenvalue weighted by molar-refractivity contribution is 5.86. The van der Waals surface area contributed by atoms with Gasteiger partial charge in [0.15, 0.2) is 11.6 Å². The second-order valence-electron chi connectivity index (χ2n) is 5.50. The average molecular weight is 369 g/mol.